The molecule has 5 heteroatoms. The van der Waals surface area contributed by atoms with E-state index in [1.54, 1.807) is 11.7 Å². The van der Waals surface area contributed by atoms with Crippen molar-refractivity contribution in [2.45, 2.75) is 13.8 Å². The Morgan fingerprint density at radius 2 is 2.06 bits per heavy atom. The number of aryl methyl sites for hydroxylation is 2. The highest BCUT2D eigenvalue weighted by Crippen LogP contribution is 2.30. The molecule has 0 unspecified atom stereocenters. The van der Waals surface area contributed by atoms with Crippen LogP contribution in [0.3, 0.4) is 0 Å². The molecule has 0 saturated heterocycles. The maximum absolute atomic E-state index is 5.91. The average molecular weight is 247 g/mol. The number of benzene rings is 1. The molecular formula is C13H17N3O2. The Morgan fingerprint density at radius 1 is 1.33 bits per heavy atom. The molecule has 2 rings (SSSR count). The standard InChI is InChI=1S/C13H17N3O2/c1-4-17-10-6-5-7-11(8-10)18-13-12(14)9(2)15-16(13)3/h5-8H,4,14H2,1-3H3. The highest BCUT2D eigenvalue weighted by atomic mass is 16.5. The lowest BCUT2D eigenvalue weighted by Crippen LogP contribution is -1.97. The minimum absolute atomic E-state index is 0.543. The van der Waals surface area contributed by atoms with E-state index in [0.29, 0.717) is 23.9 Å². The van der Waals surface area contributed by atoms with E-state index in [4.69, 9.17) is 15.2 Å². The van der Waals surface area contributed by atoms with Gasteiger partial charge < -0.3 is 15.2 Å². The maximum Gasteiger partial charge on any atom is 0.241 e. The zero-order chi connectivity index (χ0) is 13.1. The fourth-order valence-corrected chi connectivity index (χ4v) is 1.68. The third kappa shape index (κ3) is 2.40. The third-order valence-corrected chi connectivity index (χ3v) is 2.55. The van der Waals surface area contributed by atoms with Crippen LogP contribution in [-0.2, 0) is 7.05 Å². The highest BCUT2D eigenvalue weighted by molar-refractivity contribution is 5.54. The van der Waals surface area contributed by atoms with Gasteiger partial charge in [-0.05, 0) is 26.0 Å². The van der Waals surface area contributed by atoms with Crippen molar-refractivity contribution >= 4 is 5.69 Å². The van der Waals surface area contributed by atoms with Crippen molar-refractivity contribution < 1.29 is 9.47 Å². The Kier molecular flexibility index (Phi) is 3.41. The molecule has 1 heterocycles. The molecule has 1 aromatic heterocycles. The number of hydrogen-bond donors (Lipinski definition) is 1. The second kappa shape index (κ2) is 5.00. The van der Waals surface area contributed by atoms with Crippen LogP contribution in [0.2, 0.25) is 0 Å². The van der Waals surface area contributed by atoms with Crippen molar-refractivity contribution in [2.75, 3.05) is 12.3 Å². The molecule has 0 radical (unpaired) electrons. The molecule has 0 aliphatic heterocycles. The zero-order valence-electron chi connectivity index (χ0n) is 10.8. The van der Waals surface area contributed by atoms with Crippen molar-refractivity contribution in [2.24, 2.45) is 7.05 Å². The van der Waals surface area contributed by atoms with E-state index in [1.165, 1.54) is 0 Å². The van der Waals surface area contributed by atoms with Gasteiger partial charge in [-0.15, -0.1) is 0 Å². The fourth-order valence-electron chi connectivity index (χ4n) is 1.68. The molecule has 1 aromatic carbocycles. The number of aromatic nitrogens is 2. The van der Waals surface area contributed by atoms with Gasteiger partial charge in [0, 0.05) is 13.1 Å². The Balaban J connectivity index is 2.25. The summed E-state index contributed by atoms with van der Waals surface area (Å²) >= 11 is 0. The van der Waals surface area contributed by atoms with Crippen LogP contribution >= 0.6 is 0 Å². The Morgan fingerprint density at radius 3 is 2.67 bits per heavy atom. The molecule has 2 N–H and O–H groups in total. The number of anilines is 1. The Labute approximate surface area is 106 Å². The lowest BCUT2D eigenvalue weighted by atomic mass is 10.3. The van der Waals surface area contributed by atoms with E-state index in [9.17, 15) is 0 Å². The smallest absolute Gasteiger partial charge is 0.241 e. The first kappa shape index (κ1) is 12.3. The summed E-state index contributed by atoms with van der Waals surface area (Å²) in [6, 6.07) is 7.43. The number of nitrogens with zero attached hydrogens (tertiary/aromatic N) is 2. The molecular weight excluding hydrogens is 230 g/mol. The molecule has 0 bridgehead atoms. The van der Waals surface area contributed by atoms with Gasteiger partial charge in [0.25, 0.3) is 0 Å². The SMILES string of the molecule is CCOc1cccc(Oc2c(N)c(C)nn2C)c1. The van der Waals surface area contributed by atoms with Crippen LogP contribution in [0.4, 0.5) is 5.69 Å². The number of ether oxygens (including phenoxy) is 2. The third-order valence-electron chi connectivity index (χ3n) is 2.55. The van der Waals surface area contributed by atoms with Gasteiger partial charge in [0.1, 0.15) is 17.2 Å². The molecule has 18 heavy (non-hydrogen) atoms. The normalized spacial score (nSPS) is 10.4. The molecule has 0 amide bonds. The molecule has 0 spiro atoms. The molecule has 0 aliphatic rings. The van der Waals surface area contributed by atoms with Crippen LogP contribution in [0.5, 0.6) is 17.4 Å². The van der Waals surface area contributed by atoms with Crippen LogP contribution in [0.1, 0.15) is 12.6 Å². The summed E-state index contributed by atoms with van der Waals surface area (Å²) in [4.78, 5) is 0. The van der Waals surface area contributed by atoms with Gasteiger partial charge in [0.05, 0.1) is 12.3 Å². The van der Waals surface area contributed by atoms with Gasteiger partial charge in [0.15, 0.2) is 0 Å². The van der Waals surface area contributed by atoms with Crippen molar-refractivity contribution in [1.29, 1.82) is 0 Å². The van der Waals surface area contributed by atoms with Gasteiger partial charge in [-0.1, -0.05) is 6.07 Å². The number of nitrogens with two attached hydrogens (primary N) is 1. The van der Waals surface area contributed by atoms with Gasteiger partial charge in [0.2, 0.25) is 5.88 Å². The van der Waals surface area contributed by atoms with Crippen LogP contribution in [-0.4, -0.2) is 16.4 Å². The second-order valence-corrected chi connectivity index (χ2v) is 3.94. The predicted octanol–water partition coefficient (Wildman–Crippen LogP) is 2.50. The number of rotatable bonds is 4. The number of nitrogen functional groups attached to an aromatic ring is 1. The van der Waals surface area contributed by atoms with E-state index in [-0.39, 0.29) is 0 Å². The van der Waals surface area contributed by atoms with Gasteiger partial charge in [-0.3, -0.25) is 0 Å². The lowest BCUT2D eigenvalue weighted by molar-refractivity contribution is 0.337. The monoisotopic (exact) mass is 247 g/mol. The average Bonchev–Trinajstić information content (AvgIpc) is 2.57. The summed E-state index contributed by atoms with van der Waals surface area (Å²) in [5, 5.41) is 4.20. The first-order chi connectivity index (χ1) is 8.61. The van der Waals surface area contributed by atoms with Crippen molar-refractivity contribution in [1.82, 2.24) is 9.78 Å². The number of hydrogen-bond acceptors (Lipinski definition) is 4. The molecule has 2 aromatic rings. The van der Waals surface area contributed by atoms with Crippen LogP contribution in [0, 0.1) is 6.92 Å². The summed E-state index contributed by atoms with van der Waals surface area (Å²) in [6.45, 7) is 4.41. The predicted molar refractivity (Wildman–Crippen MR) is 70.0 cm³/mol. The minimum Gasteiger partial charge on any atom is -0.494 e. The Bertz CT molecular complexity index is 549. The van der Waals surface area contributed by atoms with Crippen molar-refractivity contribution in [3.05, 3.63) is 30.0 Å². The highest BCUT2D eigenvalue weighted by Gasteiger charge is 2.12. The molecule has 0 aliphatic carbocycles. The summed E-state index contributed by atoms with van der Waals surface area (Å²) in [5.74, 6) is 1.99. The summed E-state index contributed by atoms with van der Waals surface area (Å²) in [7, 11) is 1.80. The summed E-state index contributed by atoms with van der Waals surface area (Å²) in [5.41, 5.74) is 7.22. The quantitative estimate of drug-likeness (QED) is 0.901. The first-order valence-corrected chi connectivity index (χ1v) is 5.81. The van der Waals surface area contributed by atoms with E-state index in [2.05, 4.69) is 5.10 Å². The fraction of sp³-hybridized carbons (Fsp3) is 0.308. The van der Waals surface area contributed by atoms with Crippen LogP contribution < -0.4 is 15.2 Å². The second-order valence-electron chi connectivity index (χ2n) is 3.94. The molecule has 0 saturated carbocycles. The van der Waals surface area contributed by atoms with E-state index in [0.717, 1.165) is 11.4 Å². The first-order valence-electron chi connectivity index (χ1n) is 5.81. The topological polar surface area (TPSA) is 62.3 Å². The molecule has 0 fully saturated rings. The molecule has 96 valence electrons. The minimum atomic E-state index is 0.543. The molecule has 5 nitrogen and oxygen atoms in total. The summed E-state index contributed by atoms with van der Waals surface area (Å²) in [6.07, 6.45) is 0. The van der Waals surface area contributed by atoms with Gasteiger partial charge in [-0.2, -0.15) is 5.10 Å². The largest absolute Gasteiger partial charge is 0.494 e. The van der Waals surface area contributed by atoms with Gasteiger partial charge >= 0.3 is 0 Å². The Hall–Kier alpha value is -2.17. The van der Waals surface area contributed by atoms with E-state index in [1.807, 2.05) is 38.1 Å². The van der Waals surface area contributed by atoms with Crippen LogP contribution in [0.25, 0.3) is 0 Å². The molecule has 0 atom stereocenters. The summed E-state index contributed by atoms with van der Waals surface area (Å²) < 4.78 is 12.8. The van der Waals surface area contributed by atoms with E-state index < -0.39 is 0 Å². The zero-order valence-corrected chi connectivity index (χ0v) is 10.8. The lowest BCUT2D eigenvalue weighted by Gasteiger charge is -2.08. The van der Waals surface area contributed by atoms with E-state index >= 15 is 0 Å². The van der Waals surface area contributed by atoms with Gasteiger partial charge in [-0.25, -0.2) is 4.68 Å². The van der Waals surface area contributed by atoms with Crippen LogP contribution in [0.15, 0.2) is 24.3 Å². The maximum atomic E-state index is 5.91. The van der Waals surface area contributed by atoms with Crippen molar-refractivity contribution in [3.63, 3.8) is 0 Å². The van der Waals surface area contributed by atoms with Crippen molar-refractivity contribution in [3.8, 4) is 17.4 Å².